The van der Waals surface area contributed by atoms with E-state index in [-0.39, 0.29) is 11.8 Å². The SMILES string of the molecule is Cc1ccccc1CC(=O)N1CCN(c2ccc(NC(=O)/C=C/c3ccccc3)cc2)CC1. The monoisotopic (exact) mass is 439 g/mol. The third-order valence-electron chi connectivity index (χ3n) is 5.96. The molecule has 0 aliphatic carbocycles. The van der Waals surface area contributed by atoms with E-state index >= 15 is 0 Å². The molecule has 33 heavy (non-hydrogen) atoms. The Balaban J connectivity index is 1.27. The summed E-state index contributed by atoms with van der Waals surface area (Å²) < 4.78 is 0. The summed E-state index contributed by atoms with van der Waals surface area (Å²) in [6, 6.07) is 25.7. The van der Waals surface area contributed by atoms with E-state index in [4.69, 9.17) is 0 Å². The van der Waals surface area contributed by atoms with Gasteiger partial charge in [0.25, 0.3) is 0 Å². The summed E-state index contributed by atoms with van der Waals surface area (Å²) in [6.45, 7) is 5.07. The average molecular weight is 440 g/mol. The van der Waals surface area contributed by atoms with Crippen LogP contribution in [0.25, 0.3) is 6.08 Å². The summed E-state index contributed by atoms with van der Waals surface area (Å²) in [5, 5.41) is 2.89. The predicted molar refractivity (Wildman–Crippen MR) is 134 cm³/mol. The highest BCUT2D eigenvalue weighted by atomic mass is 16.2. The van der Waals surface area contributed by atoms with E-state index < -0.39 is 0 Å². The Kier molecular flexibility index (Phi) is 7.20. The molecule has 4 rings (SSSR count). The molecule has 1 heterocycles. The van der Waals surface area contributed by atoms with Crippen LogP contribution in [0.15, 0.2) is 84.9 Å². The number of aryl methyl sites for hydroxylation is 1. The maximum absolute atomic E-state index is 12.7. The van der Waals surface area contributed by atoms with Crippen LogP contribution in [0.2, 0.25) is 0 Å². The Bertz CT molecular complexity index is 1120. The molecule has 1 saturated heterocycles. The van der Waals surface area contributed by atoms with Gasteiger partial charge in [0.1, 0.15) is 0 Å². The van der Waals surface area contributed by atoms with Gasteiger partial charge in [0.05, 0.1) is 6.42 Å². The zero-order valence-electron chi connectivity index (χ0n) is 18.9. The van der Waals surface area contributed by atoms with Crippen LogP contribution in [0.1, 0.15) is 16.7 Å². The molecule has 1 fully saturated rings. The molecule has 1 aliphatic rings. The van der Waals surface area contributed by atoms with Crippen LogP contribution in [0.4, 0.5) is 11.4 Å². The van der Waals surface area contributed by atoms with E-state index in [2.05, 4.69) is 10.2 Å². The van der Waals surface area contributed by atoms with E-state index in [0.29, 0.717) is 19.5 Å². The highest BCUT2D eigenvalue weighted by Crippen LogP contribution is 2.20. The first-order valence-electron chi connectivity index (χ1n) is 11.3. The lowest BCUT2D eigenvalue weighted by Gasteiger charge is -2.36. The number of amides is 2. The van der Waals surface area contributed by atoms with E-state index in [1.54, 1.807) is 6.08 Å². The molecule has 168 valence electrons. The number of rotatable bonds is 6. The summed E-state index contributed by atoms with van der Waals surface area (Å²) >= 11 is 0. The lowest BCUT2D eigenvalue weighted by Crippen LogP contribution is -2.49. The second kappa shape index (κ2) is 10.6. The Labute approximate surface area is 195 Å². The van der Waals surface area contributed by atoms with Gasteiger partial charge in [0, 0.05) is 43.6 Å². The predicted octanol–water partition coefficient (Wildman–Crippen LogP) is 4.54. The lowest BCUT2D eigenvalue weighted by molar-refractivity contribution is -0.130. The molecule has 0 unspecified atom stereocenters. The molecule has 0 aromatic heterocycles. The maximum Gasteiger partial charge on any atom is 0.248 e. The minimum Gasteiger partial charge on any atom is -0.368 e. The molecule has 2 amide bonds. The summed E-state index contributed by atoms with van der Waals surface area (Å²) in [5.41, 5.74) is 5.10. The first kappa shape index (κ1) is 22.3. The van der Waals surface area contributed by atoms with Gasteiger partial charge in [0.15, 0.2) is 0 Å². The van der Waals surface area contributed by atoms with Gasteiger partial charge in [-0.25, -0.2) is 0 Å². The first-order chi connectivity index (χ1) is 16.1. The zero-order valence-corrected chi connectivity index (χ0v) is 18.9. The van der Waals surface area contributed by atoms with Crippen LogP contribution in [-0.2, 0) is 16.0 Å². The van der Waals surface area contributed by atoms with Crippen LogP contribution in [-0.4, -0.2) is 42.9 Å². The van der Waals surface area contributed by atoms with Crippen molar-refractivity contribution in [3.63, 3.8) is 0 Å². The third kappa shape index (κ3) is 6.10. The summed E-state index contributed by atoms with van der Waals surface area (Å²) in [6.07, 6.45) is 3.79. The number of hydrogen-bond donors (Lipinski definition) is 1. The molecule has 3 aromatic rings. The molecule has 3 aromatic carbocycles. The fraction of sp³-hybridized carbons (Fsp3) is 0.214. The van der Waals surface area contributed by atoms with Crippen molar-refractivity contribution >= 4 is 29.3 Å². The molecular formula is C28H29N3O2. The largest absolute Gasteiger partial charge is 0.368 e. The van der Waals surface area contributed by atoms with Crippen molar-refractivity contribution in [2.75, 3.05) is 36.4 Å². The van der Waals surface area contributed by atoms with Crippen molar-refractivity contribution in [2.24, 2.45) is 0 Å². The highest BCUT2D eigenvalue weighted by Gasteiger charge is 2.21. The van der Waals surface area contributed by atoms with E-state index in [1.165, 1.54) is 6.08 Å². The number of nitrogens with zero attached hydrogens (tertiary/aromatic N) is 2. The Morgan fingerprint density at radius 1 is 0.848 bits per heavy atom. The van der Waals surface area contributed by atoms with Crippen molar-refractivity contribution < 1.29 is 9.59 Å². The smallest absolute Gasteiger partial charge is 0.248 e. The van der Waals surface area contributed by atoms with Crippen LogP contribution in [0.3, 0.4) is 0 Å². The number of carbonyl (C=O) groups is 2. The first-order valence-corrected chi connectivity index (χ1v) is 11.3. The fourth-order valence-corrected chi connectivity index (χ4v) is 3.97. The average Bonchev–Trinajstić information content (AvgIpc) is 2.85. The molecule has 1 aliphatic heterocycles. The highest BCUT2D eigenvalue weighted by molar-refractivity contribution is 6.02. The van der Waals surface area contributed by atoms with Crippen molar-refractivity contribution in [1.29, 1.82) is 0 Å². The molecule has 0 atom stereocenters. The van der Waals surface area contributed by atoms with Crippen LogP contribution in [0.5, 0.6) is 0 Å². The lowest BCUT2D eigenvalue weighted by atomic mass is 10.1. The minimum absolute atomic E-state index is 0.160. The Morgan fingerprint density at radius 2 is 1.52 bits per heavy atom. The third-order valence-corrected chi connectivity index (χ3v) is 5.96. The number of nitrogens with one attached hydrogen (secondary N) is 1. The van der Waals surface area contributed by atoms with Gasteiger partial charge in [0.2, 0.25) is 11.8 Å². The van der Waals surface area contributed by atoms with Gasteiger partial charge in [-0.1, -0.05) is 54.6 Å². The van der Waals surface area contributed by atoms with Gasteiger partial charge < -0.3 is 15.1 Å². The van der Waals surface area contributed by atoms with Gasteiger partial charge in [-0.3, -0.25) is 9.59 Å². The molecule has 5 heteroatoms. The van der Waals surface area contributed by atoms with Gasteiger partial charge in [-0.05, 0) is 54.0 Å². The van der Waals surface area contributed by atoms with E-state index in [0.717, 1.165) is 41.2 Å². The molecule has 5 nitrogen and oxygen atoms in total. The Morgan fingerprint density at radius 3 is 2.21 bits per heavy atom. The minimum atomic E-state index is -0.160. The number of hydrogen-bond acceptors (Lipinski definition) is 3. The molecule has 1 N–H and O–H groups in total. The van der Waals surface area contributed by atoms with Crippen LogP contribution >= 0.6 is 0 Å². The topological polar surface area (TPSA) is 52.7 Å². The second-order valence-electron chi connectivity index (χ2n) is 8.25. The van der Waals surface area contributed by atoms with Crippen molar-refractivity contribution in [2.45, 2.75) is 13.3 Å². The number of carbonyl (C=O) groups excluding carboxylic acids is 2. The maximum atomic E-state index is 12.7. The molecule has 0 spiro atoms. The van der Waals surface area contributed by atoms with Crippen LogP contribution in [0, 0.1) is 6.92 Å². The molecule has 0 radical (unpaired) electrons. The van der Waals surface area contributed by atoms with Crippen molar-refractivity contribution in [1.82, 2.24) is 4.90 Å². The normalized spacial score (nSPS) is 13.8. The van der Waals surface area contributed by atoms with Crippen molar-refractivity contribution in [3.8, 4) is 0 Å². The Hall–Kier alpha value is -3.86. The second-order valence-corrected chi connectivity index (χ2v) is 8.25. The van der Waals surface area contributed by atoms with E-state index in [9.17, 15) is 9.59 Å². The van der Waals surface area contributed by atoms with Crippen molar-refractivity contribution in [3.05, 3.63) is 102 Å². The van der Waals surface area contributed by atoms with Crippen LogP contribution < -0.4 is 10.2 Å². The van der Waals surface area contributed by atoms with Gasteiger partial charge >= 0.3 is 0 Å². The van der Waals surface area contributed by atoms with Gasteiger partial charge in [-0.2, -0.15) is 0 Å². The van der Waals surface area contributed by atoms with Gasteiger partial charge in [-0.15, -0.1) is 0 Å². The number of anilines is 2. The number of benzene rings is 3. The molecule has 0 saturated carbocycles. The van der Waals surface area contributed by atoms with E-state index in [1.807, 2.05) is 90.7 Å². The molecular weight excluding hydrogens is 410 g/mol. The fourth-order valence-electron chi connectivity index (χ4n) is 3.97. The summed E-state index contributed by atoms with van der Waals surface area (Å²) in [4.78, 5) is 29.1. The number of piperazine rings is 1. The summed E-state index contributed by atoms with van der Waals surface area (Å²) in [7, 11) is 0. The zero-order chi connectivity index (χ0) is 23.0. The standard InChI is InChI=1S/C28H29N3O2/c1-22-7-5-6-10-24(22)21-28(33)31-19-17-30(18-20-31)26-14-12-25(13-15-26)29-27(32)16-11-23-8-3-2-4-9-23/h2-16H,17-21H2,1H3,(H,29,32)/b16-11+. The molecule has 0 bridgehead atoms. The summed E-state index contributed by atoms with van der Waals surface area (Å²) in [5.74, 6) is 0.0259. The quantitative estimate of drug-likeness (QED) is 0.574.